The van der Waals surface area contributed by atoms with Gasteiger partial charge in [0.1, 0.15) is 11.8 Å². The minimum absolute atomic E-state index is 0.127. The van der Waals surface area contributed by atoms with Crippen LogP contribution in [0, 0.1) is 0 Å². The summed E-state index contributed by atoms with van der Waals surface area (Å²) in [4.78, 5) is 25.8. The number of benzene rings is 2. The molecule has 26 heavy (non-hydrogen) atoms. The summed E-state index contributed by atoms with van der Waals surface area (Å²) in [5, 5.41) is 2.72. The lowest BCUT2D eigenvalue weighted by Gasteiger charge is -2.17. The Kier molecular flexibility index (Phi) is 4.58. The molecule has 1 heterocycles. The molecule has 1 atom stereocenters. The summed E-state index contributed by atoms with van der Waals surface area (Å²) in [5.41, 5.74) is -0.317. The monoisotopic (exact) mass is 364 g/mol. The molecule has 136 valence electrons. The molecule has 8 heteroatoms. The summed E-state index contributed by atoms with van der Waals surface area (Å²) in [7, 11) is 1.50. The molecule has 0 bridgehead atoms. The Hall–Kier alpha value is -3.03. The third-order valence-corrected chi connectivity index (χ3v) is 4.01. The number of alkyl halides is 3. The maximum Gasteiger partial charge on any atom is 0.416 e. The van der Waals surface area contributed by atoms with Crippen LogP contribution in [-0.2, 0) is 15.8 Å². The fourth-order valence-electron chi connectivity index (χ4n) is 2.73. The van der Waals surface area contributed by atoms with Gasteiger partial charge in [0.05, 0.1) is 24.8 Å². The number of imide groups is 1. The molecule has 2 aromatic carbocycles. The highest BCUT2D eigenvalue weighted by Crippen LogP contribution is 2.32. The van der Waals surface area contributed by atoms with E-state index >= 15 is 0 Å². The van der Waals surface area contributed by atoms with Gasteiger partial charge >= 0.3 is 6.18 Å². The van der Waals surface area contributed by atoms with E-state index in [0.717, 1.165) is 17.0 Å². The molecule has 1 saturated heterocycles. The van der Waals surface area contributed by atoms with Crippen molar-refractivity contribution >= 4 is 23.2 Å². The van der Waals surface area contributed by atoms with Crippen molar-refractivity contribution in [2.75, 3.05) is 17.3 Å². The van der Waals surface area contributed by atoms with E-state index in [0.29, 0.717) is 11.4 Å². The molecule has 0 radical (unpaired) electrons. The highest BCUT2D eigenvalue weighted by atomic mass is 19.4. The normalized spacial score (nSPS) is 17.5. The maximum atomic E-state index is 12.8. The molecular formula is C18H15F3N2O3. The van der Waals surface area contributed by atoms with Gasteiger partial charge in [0.25, 0.3) is 5.91 Å². The number of nitrogens with one attached hydrogen (secondary N) is 1. The highest BCUT2D eigenvalue weighted by molar-refractivity contribution is 6.23. The number of carbonyl (C=O) groups is 2. The summed E-state index contributed by atoms with van der Waals surface area (Å²) in [5.74, 6) is -0.367. The number of amides is 2. The molecule has 0 aromatic heterocycles. The number of methoxy groups -OCH3 is 1. The number of carbonyl (C=O) groups excluding carboxylic acids is 2. The molecule has 2 aromatic rings. The molecule has 5 nitrogen and oxygen atoms in total. The molecule has 1 aliphatic rings. The molecule has 0 aliphatic carbocycles. The van der Waals surface area contributed by atoms with Gasteiger partial charge < -0.3 is 10.1 Å². The molecule has 3 rings (SSSR count). The summed E-state index contributed by atoms with van der Waals surface area (Å²) >= 11 is 0. The Bertz CT molecular complexity index is 834. The zero-order valence-electron chi connectivity index (χ0n) is 13.7. The van der Waals surface area contributed by atoms with Gasteiger partial charge in [0.2, 0.25) is 5.91 Å². The minimum atomic E-state index is -4.48. The zero-order valence-corrected chi connectivity index (χ0v) is 13.7. The zero-order chi connectivity index (χ0) is 18.9. The predicted molar refractivity (Wildman–Crippen MR) is 89.0 cm³/mol. The van der Waals surface area contributed by atoms with Gasteiger partial charge in [0, 0.05) is 5.69 Å². The van der Waals surface area contributed by atoms with Gasteiger partial charge in [-0.3, -0.25) is 9.59 Å². The number of nitrogens with zero attached hydrogens (tertiary/aromatic N) is 1. The fourth-order valence-corrected chi connectivity index (χ4v) is 2.73. The van der Waals surface area contributed by atoms with Gasteiger partial charge in [0.15, 0.2) is 0 Å². The second-order valence-corrected chi connectivity index (χ2v) is 5.75. The average molecular weight is 364 g/mol. The SMILES string of the molecule is COc1ccc(N2C(=O)CC(Nc3cccc(C(F)(F)F)c3)C2=O)cc1. The first kappa shape index (κ1) is 17.8. The number of rotatable bonds is 4. The molecule has 0 saturated carbocycles. The Labute approximate surface area is 147 Å². The lowest BCUT2D eigenvalue weighted by Crippen LogP contribution is -2.34. The molecule has 0 spiro atoms. The van der Waals surface area contributed by atoms with Crippen LogP contribution < -0.4 is 15.0 Å². The molecule has 1 N–H and O–H groups in total. The van der Waals surface area contributed by atoms with Crippen molar-refractivity contribution in [3.63, 3.8) is 0 Å². The number of anilines is 2. The van der Waals surface area contributed by atoms with Crippen LogP contribution in [0.4, 0.5) is 24.5 Å². The Morgan fingerprint density at radius 2 is 1.81 bits per heavy atom. The van der Waals surface area contributed by atoms with E-state index in [2.05, 4.69) is 5.32 Å². The highest BCUT2D eigenvalue weighted by Gasteiger charge is 2.40. The fraction of sp³-hybridized carbons (Fsp3) is 0.222. The van der Waals surface area contributed by atoms with Crippen molar-refractivity contribution in [2.45, 2.75) is 18.6 Å². The topological polar surface area (TPSA) is 58.6 Å². The van der Waals surface area contributed by atoms with Gasteiger partial charge in [-0.1, -0.05) is 6.07 Å². The van der Waals surface area contributed by atoms with E-state index in [-0.39, 0.29) is 12.1 Å². The van der Waals surface area contributed by atoms with Crippen molar-refractivity contribution in [3.05, 3.63) is 54.1 Å². The van der Waals surface area contributed by atoms with E-state index in [1.54, 1.807) is 24.3 Å². The Morgan fingerprint density at radius 3 is 2.42 bits per heavy atom. The summed E-state index contributed by atoms with van der Waals surface area (Å²) in [6.07, 6.45) is -4.62. The molecule has 1 aliphatic heterocycles. The predicted octanol–water partition coefficient (Wildman–Crippen LogP) is 3.46. The average Bonchev–Trinajstić information content (AvgIpc) is 2.88. The van der Waals surface area contributed by atoms with E-state index in [9.17, 15) is 22.8 Å². The summed E-state index contributed by atoms with van der Waals surface area (Å²) in [6.45, 7) is 0. The second kappa shape index (κ2) is 6.70. The van der Waals surface area contributed by atoms with Crippen molar-refractivity contribution in [1.29, 1.82) is 0 Å². The lowest BCUT2D eigenvalue weighted by atomic mass is 10.1. The van der Waals surface area contributed by atoms with E-state index < -0.39 is 29.6 Å². The number of ether oxygens (including phenoxy) is 1. The van der Waals surface area contributed by atoms with Crippen molar-refractivity contribution in [1.82, 2.24) is 0 Å². The Morgan fingerprint density at radius 1 is 1.12 bits per heavy atom. The van der Waals surface area contributed by atoms with Crippen LogP contribution in [0.3, 0.4) is 0 Å². The van der Waals surface area contributed by atoms with Gasteiger partial charge in [-0.2, -0.15) is 13.2 Å². The van der Waals surface area contributed by atoms with Gasteiger partial charge in [-0.05, 0) is 42.5 Å². The molecule has 2 amide bonds. The van der Waals surface area contributed by atoms with Crippen LogP contribution in [0.5, 0.6) is 5.75 Å². The minimum Gasteiger partial charge on any atom is -0.497 e. The molecule has 1 fully saturated rings. The standard InChI is InChI=1S/C18H15F3N2O3/c1-26-14-7-5-13(6-8-14)23-16(24)10-15(17(23)25)22-12-4-2-3-11(9-12)18(19,20)21/h2-9,15,22H,10H2,1H3. The summed E-state index contributed by atoms with van der Waals surface area (Å²) in [6, 6.07) is 9.96. The Balaban J connectivity index is 1.78. The quantitative estimate of drug-likeness (QED) is 0.845. The maximum absolute atomic E-state index is 12.8. The first-order chi connectivity index (χ1) is 12.3. The smallest absolute Gasteiger partial charge is 0.416 e. The van der Waals surface area contributed by atoms with Crippen molar-refractivity contribution in [3.8, 4) is 5.75 Å². The van der Waals surface area contributed by atoms with Gasteiger partial charge in [-0.15, -0.1) is 0 Å². The first-order valence-corrected chi connectivity index (χ1v) is 7.74. The number of hydrogen-bond acceptors (Lipinski definition) is 4. The second-order valence-electron chi connectivity index (χ2n) is 5.75. The number of hydrogen-bond donors (Lipinski definition) is 1. The first-order valence-electron chi connectivity index (χ1n) is 7.74. The van der Waals surface area contributed by atoms with E-state index in [1.165, 1.54) is 19.2 Å². The largest absolute Gasteiger partial charge is 0.497 e. The molecular weight excluding hydrogens is 349 g/mol. The van der Waals surface area contributed by atoms with Crippen molar-refractivity contribution < 1.29 is 27.5 Å². The van der Waals surface area contributed by atoms with Crippen LogP contribution in [-0.4, -0.2) is 25.0 Å². The van der Waals surface area contributed by atoms with Crippen molar-refractivity contribution in [2.24, 2.45) is 0 Å². The van der Waals surface area contributed by atoms with E-state index in [1.807, 2.05) is 0 Å². The van der Waals surface area contributed by atoms with Crippen LogP contribution in [0.25, 0.3) is 0 Å². The molecule has 1 unspecified atom stereocenters. The van der Waals surface area contributed by atoms with Crippen LogP contribution >= 0.6 is 0 Å². The summed E-state index contributed by atoms with van der Waals surface area (Å²) < 4.78 is 43.4. The third kappa shape index (κ3) is 3.49. The van der Waals surface area contributed by atoms with E-state index in [4.69, 9.17) is 4.74 Å². The van der Waals surface area contributed by atoms with Crippen LogP contribution in [0.1, 0.15) is 12.0 Å². The third-order valence-electron chi connectivity index (χ3n) is 4.01. The lowest BCUT2D eigenvalue weighted by molar-refractivity contribution is -0.137. The van der Waals surface area contributed by atoms with Crippen LogP contribution in [0.15, 0.2) is 48.5 Å². The number of halogens is 3. The van der Waals surface area contributed by atoms with Gasteiger partial charge in [-0.25, -0.2) is 4.90 Å². The van der Waals surface area contributed by atoms with Crippen LogP contribution in [0.2, 0.25) is 0 Å².